The maximum Gasteiger partial charge on any atom is 0.309 e. The van der Waals surface area contributed by atoms with E-state index in [1.165, 1.54) is 9.96 Å². The van der Waals surface area contributed by atoms with Crippen molar-refractivity contribution in [2.45, 2.75) is 25.8 Å². The van der Waals surface area contributed by atoms with Gasteiger partial charge in [0.15, 0.2) is 0 Å². The fourth-order valence-electron chi connectivity index (χ4n) is 4.56. The smallest absolute Gasteiger partial charge is 0.309 e. The third-order valence-electron chi connectivity index (χ3n) is 5.85. The fourth-order valence-corrected chi connectivity index (χ4v) is 4.56. The van der Waals surface area contributed by atoms with Gasteiger partial charge in [-0.3, -0.25) is 14.0 Å². The minimum Gasteiger partial charge on any atom is -0.481 e. The minimum atomic E-state index is -0.874. The van der Waals surface area contributed by atoms with Gasteiger partial charge in [-0.05, 0) is 42.5 Å². The van der Waals surface area contributed by atoms with E-state index < -0.39 is 11.9 Å². The van der Waals surface area contributed by atoms with E-state index in [4.69, 9.17) is 4.98 Å². The maximum atomic E-state index is 13.1. The molecule has 0 unspecified atom stereocenters. The zero-order valence-electron chi connectivity index (χ0n) is 14.9. The number of carboxylic acid groups (broad SMARTS) is 1. The summed E-state index contributed by atoms with van der Waals surface area (Å²) < 4.78 is 1.53. The zero-order chi connectivity index (χ0) is 18.7. The lowest BCUT2D eigenvalue weighted by atomic mass is 9.79. The number of carboxylic acids is 1. The van der Waals surface area contributed by atoms with E-state index in [1.807, 2.05) is 42.2 Å². The second-order valence-electron chi connectivity index (χ2n) is 7.34. The van der Waals surface area contributed by atoms with Crippen molar-refractivity contribution in [3.63, 3.8) is 0 Å². The standard InChI is InChI=1S/C21H19N3O3/c1-12-5-4-9-24-18(12)22-19-16(20(24)25)11-15(21(26)27)17-14-7-3-2-6-13(14)8-10-23(17)19/h2-7,9,15,17H,8,10-11H2,1H3,(H,26,27)/t15-,17+/m1/s1. The fraction of sp³-hybridized carbons (Fsp3) is 0.286. The van der Waals surface area contributed by atoms with Gasteiger partial charge in [0.2, 0.25) is 0 Å². The molecule has 6 nitrogen and oxygen atoms in total. The molecule has 6 heteroatoms. The highest BCUT2D eigenvalue weighted by atomic mass is 16.4. The van der Waals surface area contributed by atoms with E-state index in [-0.39, 0.29) is 18.0 Å². The van der Waals surface area contributed by atoms with Crippen molar-refractivity contribution in [3.8, 4) is 0 Å². The van der Waals surface area contributed by atoms with Gasteiger partial charge < -0.3 is 10.0 Å². The summed E-state index contributed by atoms with van der Waals surface area (Å²) in [5.74, 6) is -0.899. The number of pyridine rings is 1. The predicted octanol–water partition coefficient (Wildman–Crippen LogP) is 2.36. The summed E-state index contributed by atoms with van der Waals surface area (Å²) in [6.45, 7) is 2.59. The summed E-state index contributed by atoms with van der Waals surface area (Å²) in [7, 11) is 0. The zero-order valence-corrected chi connectivity index (χ0v) is 14.9. The number of hydrogen-bond acceptors (Lipinski definition) is 4. The highest BCUT2D eigenvalue weighted by Crippen LogP contribution is 2.43. The molecule has 2 atom stereocenters. The van der Waals surface area contributed by atoms with Gasteiger partial charge in [0.25, 0.3) is 5.56 Å². The first kappa shape index (κ1) is 16.1. The van der Waals surface area contributed by atoms with Crippen LogP contribution >= 0.6 is 0 Å². The summed E-state index contributed by atoms with van der Waals surface area (Å²) in [6.07, 6.45) is 2.71. The molecule has 1 N–H and O–H groups in total. The minimum absolute atomic E-state index is 0.165. The van der Waals surface area contributed by atoms with Gasteiger partial charge in [0.05, 0.1) is 17.5 Å². The molecule has 3 aromatic rings. The van der Waals surface area contributed by atoms with Crippen LogP contribution in [0.4, 0.5) is 5.82 Å². The van der Waals surface area contributed by atoms with Gasteiger partial charge in [-0.25, -0.2) is 4.98 Å². The first-order valence-corrected chi connectivity index (χ1v) is 9.14. The molecule has 0 saturated carbocycles. The number of carbonyl (C=O) groups is 1. The number of hydrogen-bond donors (Lipinski definition) is 1. The highest BCUT2D eigenvalue weighted by molar-refractivity contribution is 5.76. The highest BCUT2D eigenvalue weighted by Gasteiger charge is 2.44. The van der Waals surface area contributed by atoms with Gasteiger partial charge in [0.1, 0.15) is 11.5 Å². The number of nitrogens with zero attached hydrogens (tertiary/aromatic N) is 3. The molecule has 0 bridgehead atoms. The Hall–Kier alpha value is -3.15. The van der Waals surface area contributed by atoms with Crippen LogP contribution in [0.5, 0.6) is 0 Å². The summed E-state index contributed by atoms with van der Waals surface area (Å²) in [6, 6.07) is 11.5. The van der Waals surface area contributed by atoms with Crippen LogP contribution < -0.4 is 10.5 Å². The molecule has 136 valence electrons. The van der Waals surface area contributed by atoms with E-state index in [2.05, 4.69) is 6.07 Å². The third kappa shape index (κ3) is 2.22. The lowest BCUT2D eigenvalue weighted by Gasteiger charge is -2.44. The van der Waals surface area contributed by atoms with Gasteiger partial charge in [-0.15, -0.1) is 0 Å². The lowest BCUT2D eigenvalue weighted by Crippen LogP contribution is -2.48. The van der Waals surface area contributed by atoms with Crippen LogP contribution in [0.1, 0.15) is 28.3 Å². The van der Waals surface area contributed by atoms with Crippen LogP contribution in [0.25, 0.3) is 5.65 Å². The topological polar surface area (TPSA) is 74.9 Å². The Labute approximate surface area is 155 Å². The van der Waals surface area contributed by atoms with Crippen molar-refractivity contribution in [3.05, 3.63) is 75.2 Å². The number of aryl methyl sites for hydroxylation is 1. The predicted molar refractivity (Wildman–Crippen MR) is 101 cm³/mol. The van der Waals surface area contributed by atoms with Crippen molar-refractivity contribution in [1.82, 2.24) is 9.38 Å². The van der Waals surface area contributed by atoms with Crippen molar-refractivity contribution in [2.75, 3.05) is 11.4 Å². The molecule has 5 rings (SSSR count). The molecule has 4 heterocycles. The van der Waals surface area contributed by atoms with Crippen LogP contribution in [-0.2, 0) is 17.6 Å². The van der Waals surface area contributed by atoms with E-state index in [0.29, 0.717) is 23.6 Å². The summed E-state index contributed by atoms with van der Waals surface area (Å²) >= 11 is 0. The molecule has 0 radical (unpaired) electrons. The molecule has 0 saturated heterocycles. The van der Waals surface area contributed by atoms with Crippen LogP contribution in [0.2, 0.25) is 0 Å². The first-order valence-electron chi connectivity index (χ1n) is 9.14. The largest absolute Gasteiger partial charge is 0.481 e. The van der Waals surface area contributed by atoms with E-state index in [9.17, 15) is 14.7 Å². The molecule has 2 aromatic heterocycles. The van der Waals surface area contributed by atoms with Gasteiger partial charge >= 0.3 is 5.97 Å². The molecule has 27 heavy (non-hydrogen) atoms. The average Bonchev–Trinajstić information content (AvgIpc) is 2.68. The summed E-state index contributed by atoms with van der Waals surface area (Å²) in [4.78, 5) is 32.1. The summed E-state index contributed by atoms with van der Waals surface area (Å²) in [5.41, 5.74) is 4.11. The number of aromatic nitrogens is 2. The normalized spacial score (nSPS) is 20.7. The Balaban J connectivity index is 1.80. The van der Waals surface area contributed by atoms with Crippen LogP contribution in [0.15, 0.2) is 47.4 Å². The van der Waals surface area contributed by atoms with Crippen molar-refractivity contribution in [1.29, 1.82) is 0 Å². The molecule has 2 aliphatic heterocycles. The number of aliphatic carboxylic acids is 1. The maximum absolute atomic E-state index is 13.1. The average molecular weight is 361 g/mol. The Morgan fingerprint density at radius 3 is 2.85 bits per heavy atom. The van der Waals surface area contributed by atoms with E-state index in [1.54, 1.807) is 6.20 Å². The number of fused-ring (bicyclic) bond motifs is 6. The molecular weight excluding hydrogens is 342 g/mol. The Bertz CT molecular complexity index is 1150. The SMILES string of the molecule is Cc1cccn2c(=O)c3c(nc12)N1CCc2ccccc2[C@H]1[C@H](C(=O)O)C3. The molecular formula is C21H19N3O3. The molecule has 0 amide bonds. The van der Waals surface area contributed by atoms with Gasteiger partial charge in [0, 0.05) is 12.7 Å². The monoisotopic (exact) mass is 361 g/mol. The molecule has 2 aliphatic rings. The molecule has 0 spiro atoms. The Kier molecular flexibility index (Phi) is 3.37. The van der Waals surface area contributed by atoms with Gasteiger partial charge in [-0.1, -0.05) is 30.3 Å². The summed E-state index contributed by atoms with van der Waals surface area (Å²) in [5, 5.41) is 9.92. The second-order valence-corrected chi connectivity index (χ2v) is 7.34. The third-order valence-corrected chi connectivity index (χ3v) is 5.85. The number of anilines is 1. The van der Waals surface area contributed by atoms with Crippen molar-refractivity contribution >= 4 is 17.4 Å². The lowest BCUT2D eigenvalue weighted by molar-refractivity contribution is -0.142. The van der Waals surface area contributed by atoms with E-state index in [0.717, 1.165) is 17.5 Å². The molecule has 0 fully saturated rings. The Morgan fingerprint density at radius 2 is 2.04 bits per heavy atom. The van der Waals surface area contributed by atoms with Crippen molar-refractivity contribution in [2.24, 2.45) is 5.92 Å². The van der Waals surface area contributed by atoms with Crippen LogP contribution in [0, 0.1) is 12.8 Å². The van der Waals surface area contributed by atoms with E-state index >= 15 is 0 Å². The first-order chi connectivity index (χ1) is 13.1. The van der Waals surface area contributed by atoms with Crippen molar-refractivity contribution < 1.29 is 9.90 Å². The van der Waals surface area contributed by atoms with Crippen LogP contribution in [0.3, 0.4) is 0 Å². The second kappa shape index (κ2) is 5.67. The molecule has 0 aliphatic carbocycles. The number of benzene rings is 1. The molecule has 1 aromatic carbocycles. The van der Waals surface area contributed by atoms with Gasteiger partial charge in [-0.2, -0.15) is 0 Å². The number of rotatable bonds is 1. The quantitative estimate of drug-likeness (QED) is 0.720. The Morgan fingerprint density at radius 1 is 1.22 bits per heavy atom. The van der Waals surface area contributed by atoms with Crippen LogP contribution in [-0.4, -0.2) is 27.0 Å².